The standard InChI is InChI=1S/C17H19F2NO/c1-4-20-17(12-7-5-6-8-16(12)21-3)13-9-11(2)14(18)10-15(13)19/h5-10,17,20H,4H2,1-3H3. The van der Waals surface area contributed by atoms with E-state index in [0.717, 1.165) is 11.6 Å². The summed E-state index contributed by atoms with van der Waals surface area (Å²) in [6.07, 6.45) is 0. The number of ether oxygens (including phenoxy) is 1. The first-order valence-electron chi connectivity index (χ1n) is 6.90. The quantitative estimate of drug-likeness (QED) is 0.899. The second-order valence-corrected chi connectivity index (χ2v) is 4.86. The molecule has 0 fully saturated rings. The molecule has 0 aliphatic rings. The van der Waals surface area contributed by atoms with Crippen LogP contribution in [-0.4, -0.2) is 13.7 Å². The largest absolute Gasteiger partial charge is 0.496 e. The van der Waals surface area contributed by atoms with E-state index in [1.165, 1.54) is 0 Å². The summed E-state index contributed by atoms with van der Waals surface area (Å²) in [5, 5.41) is 3.23. The molecular weight excluding hydrogens is 272 g/mol. The third kappa shape index (κ3) is 3.22. The monoisotopic (exact) mass is 291 g/mol. The molecule has 0 heterocycles. The molecular formula is C17H19F2NO. The minimum Gasteiger partial charge on any atom is -0.496 e. The van der Waals surface area contributed by atoms with Gasteiger partial charge < -0.3 is 10.1 Å². The maximum atomic E-state index is 14.2. The summed E-state index contributed by atoms with van der Waals surface area (Å²) in [7, 11) is 1.58. The van der Waals surface area contributed by atoms with Gasteiger partial charge in [-0.2, -0.15) is 0 Å². The van der Waals surface area contributed by atoms with Crippen molar-refractivity contribution in [3.63, 3.8) is 0 Å². The van der Waals surface area contributed by atoms with Gasteiger partial charge in [0.2, 0.25) is 0 Å². The molecule has 2 aromatic carbocycles. The molecule has 21 heavy (non-hydrogen) atoms. The number of rotatable bonds is 5. The molecule has 1 unspecified atom stereocenters. The number of hydrogen-bond acceptors (Lipinski definition) is 2. The fourth-order valence-electron chi connectivity index (χ4n) is 2.40. The summed E-state index contributed by atoms with van der Waals surface area (Å²) >= 11 is 0. The first-order chi connectivity index (χ1) is 10.1. The fraction of sp³-hybridized carbons (Fsp3) is 0.294. The molecule has 0 radical (unpaired) electrons. The van der Waals surface area contributed by atoms with Crippen molar-refractivity contribution in [2.75, 3.05) is 13.7 Å². The molecule has 0 saturated carbocycles. The van der Waals surface area contributed by atoms with Crippen LogP contribution in [0.2, 0.25) is 0 Å². The average molecular weight is 291 g/mol. The number of hydrogen-bond donors (Lipinski definition) is 1. The van der Waals surface area contributed by atoms with Crippen molar-refractivity contribution >= 4 is 0 Å². The zero-order valence-corrected chi connectivity index (χ0v) is 12.4. The average Bonchev–Trinajstić information content (AvgIpc) is 2.49. The van der Waals surface area contributed by atoms with Gasteiger partial charge in [0.15, 0.2) is 0 Å². The van der Waals surface area contributed by atoms with Crippen molar-refractivity contribution in [3.05, 3.63) is 64.7 Å². The molecule has 2 rings (SSSR count). The van der Waals surface area contributed by atoms with Crippen LogP contribution in [0.1, 0.15) is 29.7 Å². The summed E-state index contributed by atoms with van der Waals surface area (Å²) in [5.41, 5.74) is 1.66. The molecule has 0 aliphatic carbocycles. The van der Waals surface area contributed by atoms with Gasteiger partial charge in [0.05, 0.1) is 13.2 Å². The number of para-hydroxylation sites is 1. The lowest BCUT2D eigenvalue weighted by Gasteiger charge is -2.22. The van der Waals surface area contributed by atoms with Crippen molar-refractivity contribution in [2.24, 2.45) is 0 Å². The zero-order chi connectivity index (χ0) is 15.4. The Labute approximate surface area is 123 Å². The Morgan fingerprint density at radius 3 is 2.48 bits per heavy atom. The lowest BCUT2D eigenvalue weighted by Crippen LogP contribution is -2.23. The highest BCUT2D eigenvalue weighted by atomic mass is 19.1. The third-order valence-corrected chi connectivity index (χ3v) is 3.45. The Hall–Kier alpha value is -1.94. The lowest BCUT2D eigenvalue weighted by atomic mass is 9.95. The van der Waals surface area contributed by atoms with Crippen molar-refractivity contribution in [1.82, 2.24) is 5.32 Å². The van der Waals surface area contributed by atoms with Crippen LogP contribution in [0.3, 0.4) is 0 Å². The number of aryl methyl sites for hydroxylation is 1. The highest BCUT2D eigenvalue weighted by molar-refractivity contribution is 5.43. The van der Waals surface area contributed by atoms with Gasteiger partial charge in [-0.3, -0.25) is 0 Å². The van der Waals surface area contributed by atoms with Crippen LogP contribution < -0.4 is 10.1 Å². The topological polar surface area (TPSA) is 21.3 Å². The zero-order valence-electron chi connectivity index (χ0n) is 12.4. The molecule has 0 amide bonds. The Kier molecular flexibility index (Phi) is 4.91. The van der Waals surface area contributed by atoms with E-state index in [9.17, 15) is 8.78 Å². The smallest absolute Gasteiger partial charge is 0.131 e. The van der Waals surface area contributed by atoms with Gasteiger partial charge in [0, 0.05) is 17.2 Å². The second kappa shape index (κ2) is 6.68. The van der Waals surface area contributed by atoms with Gasteiger partial charge in [-0.15, -0.1) is 0 Å². The molecule has 2 aromatic rings. The number of methoxy groups -OCH3 is 1. The lowest BCUT2D eigenvalue weighted by molar-refractivity contribution is 0.403. The molecule has 2 nitrogen and oxygen atoms in total. The SMILES string of the molecule is CCNC(c1cc(C)c(F)cc1F)c1ccccc1OC. The number of benzene rings is 2. The molecule has 1 N–H and O–H groups in total. The van der Waals surface area contributed by atoms with Crippen LogP contribution in [0.15, 0.2) is 36.4 Å². The molecule has 1 atom stereocenters. The van der Waals surface area contributed by atoms with Gasteiger partial charge in [0.1, 0.15) is 17.4 Å². The van der Waals surface area contributed by atoms with Crippen LogP contribution >= 0.6 is 0 Å². The van der Waals surface area contributed by atoms with Crippen LogP contribution in [0.4, 0.5) is 8.78 Å². The van der Waals surface area contributed by atoms with Gasteiger partial charge in [-0.25, -0.2) is 8.78 Å². The second-order valence-electron chi connectivity index (χ2n) is 4.86. The van der Waals surface area contributed by atoms with Crippen molar-refractivity contribution < 1.29 is 13.5 Å². The van der Waals surface area contributed by atoms with Crippen LogP contribution in [-0.2, 0) is 0 Å². The van der Waals surface area contributed by atoms with E-state index in [2.05, 4.69) is 5.32 Å². The molecule has 4 heteroatoms. The summed E-state index contributed by atoms with van der Waals surface area (Å²) in [6.45, 7) is 4.22. The highest BCUT2D eigenvalue weighted by Gasteiger charge is 2.21. The normalized spacial score (nSPS) is 12.2. The van der Waals surface area contributed by atoms with Crippen molar-refractivity contribution in [3.8, 4) is 5.75 Å². The maximum absolute atomic E-state index is 14.2. The van der Waals surface area contributed by atoms with Gasteiger partial charge in [0.25, 0.3) is 0 Å². The molecule has 0 aromatic heterocycles. The van der Waals surface area contributed by atoms with Crippen LogP contribution in [0.25, 0.3) is 0 Å². The molecule has 0 aliphatic heterocycles. The first-order valence-corrected chi connectivity index (χ1v) is 6.90. The van der Waals surface area contributed by atoms with Gasteiger partial charge >= 0.3 is 0 Å². The Balaban J connectivity index is 2.56. The highest BCUT2D eigenvalue weighted by Crippen LogP contribution is 2.32. The summed E-state index contributed by atoms with van der Waals surface area (Å²) in [5.74, 6) is -0.425. The van der Waals surface area contributed by atoms with E-state index in [1.54, 1.807) is 20.1 Å². The Morgan fingerprint density at radius 1 is 1.10 bits per heavy atom. The van der Waals surface area contributed by atoms with E-state index >= 15 is 0 Å². The van der Waals surface area contributed by atoms with Crippen LogP contribution in [0.5, 0.6) is 5.75 Å². The fourth-order valence-corrected chi connectivity index (χ4v) is 2.40. The predicted octanol–water partition coefficient (Wildman–Crippen LogP) is 3.98. The van der Waals surface area contributed by atoms with Crippen LogP contribution in [0, 0.1) is 18.6 Å². The maximum Gasteiger partial charge on any atom is 0.131 e. The Bertz CT molecular complexity index is 628. The first kappa shape index (κ1) is 15.4. The Morgan fingerprint density at radius 2 is 1.81 bits per heavy atom. The van der Waals surface area contributed by atoms with E-state index < -0.39 is 11.6 Å². The summed E-state index contributed by atoms with van der Waals surface area (Å²) in [6, 6.07) is 9.53. The van der Waals surface area contributed by atoms with Crippen molar-refractivity contribution in [2.45, 2.75) is 19.9 Å². The van der Waals surface area contributed by atoms with E-state index in [0.29, 0.717) is 23.4 Å². The predicted molar refractivity (Wildman–Crippen MR) is 79.6 cm³/mol. The summed E-state index contributed by atoms with van der Waals surface area (Å²) in [4.78, 5) is 0. The van der Waals surface area contributed by atoms with E-state index in [1.807, 2.05) is 31.2 Å². The minimum atomic E-state index is -0.560. The number of halogens is 2. The third-order valence-electron chi connectivity index (χ3n) is 3.45. The number of nitrogens with one attached hydrogen (secondary N) is 1. The summed E-state index contributed by atoms with van der Waals surface area (Å²) < 4.78 is 33.0. The molecule has 0 spiro atoms. The molecule has 112 valence electrons. The van der Waals surface area contributed by atoms with E-state index in [-0.39, 0.29) is 6.04 Å². The minimum absolute atomic E-state index is 0.384. The van der Waals surface area contributed by atoms with Gasteiger partial charge in [-0.05, 0) is 31.2 Å². The molecule has 0 saturated heterocycles. The van der Waals surface area contributed by atoms with Crippen molar-refractivity contribution in [1.29, 1.82) is 0 Å². The van der Waals surface area contributed by atoms with E-state index in [4.69, 9.17) is 4.74 Å². The molecule has 0 bridgehead atoms. The van der Waals surface area contributed by atoms with Gasteiger partial charge in [-0.1, -0.05) is 25.1 Å².